The molecule has 2 aliphatic rings. The average Bonchev–Trinajstić information content (AvgIpc) is 3.12. The highest BCUT2D eigenvalue weighted by Crippen LogP contribution is 2.26. The molecule has 0 unspecified atom stereocenters. The highest BCUT2D eigenvalue weighted by atomic mass is 16.5. The van der Waals surface area contributed by atoms with Gasteiger partial charge in [-0.25, -0.2) is 0 Å². The van der Waals surface area contributed by atoms with Crippen LogP contribution in [0.25, 0.3) is 0 Å². The number of ether oxygens (including phenoxy) is 2. The molecular weight excluding hydrogens is 352 g/mol. The van der Waals surface area contributed by atoms with Crippen LogP contribution in [0, 0.1) is 0 Å². The van der Waals surface area contributed by atoms with Crippen molar-refractivity contribution >= 4 is 5.91 Å². The second-order valence-electron chi connectivity index (χ2n) is 7.62. The van der Waals surface area contributed by atoms with Crippen molar-refractivity contribution < 1.29 is 14.3 Å². The van der Waals surface area contributed by atoms with Crippen LogP contribution in [0.15, 0.2) is 42.5 Å². The lowest BCUT2D eigenvalue weighted by atomic mass is 10.1. The highest BCUT2D eigenvalue weighted by molar-refractivity contribution is 5.79. The molecule has 4 rings (SSSR count). The summed E-state index contributed by atoms with van der Waals surface area (Å²) in [6.07, 6.45) is 2.96. The van der Waals surface area contributed by atoms with E-state index in [0.717, 1.165) is 29.2 Å². The number of carbonyl (C=O) groups is 1. The van der Waals surface area contributed by atoms with Gasteiger partial charge in [0.1, 0.15) is 18.1 Å². The molecule has 2 aromatic rings. The summed E-state index contributed by atoms with van der Waals surface area (Å²) < 4.78 is 11.2. The molecule has 0 spiro atoms. The maximum Gasteiger partial charge on any atom is 0.227 e. The average molecular weight is 380 g/mol. The van der Waals surface area contributed by atoms with E-state index in [-0.39, 0.29) is 5.91 Å². The minimum atomic E-state index is 0.120. The number of nitrogens with zero attached hydrogens (tertiary/aromatic N) is 2. The van der Waals surface area contributed by atoms with E-state index >= 15 is 0 Å². The predicted molar refractivity (Wildman–Crippen MR) is 109 cm³/mol. The van der Waals surface area contributed by atoms with Gasteiger partial charge in [-0.3, -0.25) is 9.69 Å². The number of fused-ring (bicyclic) bond motifs is 1. The molecule has 28 heavy (non-hydrogen) atoms. The molecule has 2 aliphatic heterocycles. The quantitative estimate of drug-likeness (QED) is 0.799. The lowest BCUT2D eigenvalue weighted by molar-refractivity contribution is -0.131. The first-order valence-corrected chi connectivity index (χ1v) is 10.1. The van der Waals surface area contributed by atoms with E-state index in [9.17, 15) is 4.79 Å². The van der Waals surface area contributed by atoms with E-state index in [2.05, 4.69) is 23.1 Å². The van der Waals surface area contributed by atoms with Gasteiger partial charge in [0.15, 0.2) is 0 Å². The van der Waals surface area contributed by atoms with E-state index in [4.69, 9.17) is 9.47 Å². The zero-order chi connectivity index (χ0) is 19.3. The Balaban J connectivity index is 1.45. The zero-order valence-corrected chi connectivity index (χ0v) is 16.5. The molecule has 0 saturated carbocycles. The molecule has 0 N–H and O–H groups in total. The standard InChI is InChI=1S/C23H28N2O3/c1-27-21-6-4-5-18(14-21)15-23(26)25-11-12-28-22-8-7-19(13-20(22)17-25)16-24-9-2-3-10-24/h4-8,13-14H,2-3,9-12,15-17H2,1H3. The van der Waals surface area contributed by atoms with Gasteiger partial charge in [-0.05, 0) is 61.3 Å². The maximum atomic E-state index is 12.9. The molecule has 1 amide bonds. The molecule has 1 saturated heterocycles. The summed E-state index contributed by atoms with van der Waals surface area (Å²) in [6, 6.07) is 14.1. The summed E-state index contributed by atoms with van der Waals surface area (Å²) in [4.78, 5) is 17.3. The summed E-state index contributed by atoms with van der Waals surface area (Å²) in [5, 5.41) is 0. The number of rotatable bonds is 5. The molecule has 148 valence electrons. The summed E-state index contributed by atoms with van der Waals surface area (Å²) >= 11 is 0. The molecule has 1 fully saturated rings. The largest absolute Gasteiger partial charge is 0.497 e. The first-order chi connectivity index (χ1) is 13.7. The van der Waals surface area contributed by atoms with E-state index in [1.54, 1.807) is 7.11 Å². The summed E-state index contributed by atoms with van der Waals surface area (Å²) in [5.41, 5.74) is 3.37. The summed E-state index contributed by atoms with van der Waals surface area (Å²) in [7, 11) is 1.64. The van der Waals surface area contributed by atoms with Gasteiger partial charge in [-0.2, -0.15) is 0 Å². The fourth-order valence-corrected chi connectivity index (χ4v) is 4.03. The van der Waals surface area contributed by atoms with Crippen LogP contribution in [0.4, 0.5) is 0 Å². The second kappa shape index (κ2) is 8.65. The van der Waals surface area contributed by atoms with Crippen LogP contribution in [0.3, 0.4) is 0 Å². The first-order valence-electron chi connectivity index (χ1n) is 10.1. The van der Waals surface area contributed by atoms with E-state index in [0.29, 0.717) is 26.1 Å². The van der Waals surface area contributed by atoms with Gasteiger partial charge >= 0.3 is 0 Å². The number of methoxy groups -OCH3 is 1. The monoisotopic (exact) mass is 380 g/mol. The van der Waals surface area contributed by atoms with Crippen LogP contribution in [-0.2, 0) is 24.3 Å². The third kappa shape index (κ3) is 4.47. The normalized spacial score (nSPS) is 17.0. The Kier molecular flexibility index (Phi) is 5.81. The Hall–Kier alpha value is -2.53. The van der Waals surface area contributed by atoms with Gasteiger partial charge in [0.25, 0.3) is 0 Å². The molecule has 0 aromatic heterocycles. The van der Waals surface area contributed by atoms with Gasteiger partial charge in [0.2, 0.25) is 5.91 Å². The van der Waals surface area contributed by atoms with E-state index in [1.165, 1.54) is 31.5 Å². The minimum absolute atomic E-state index is 0.120. The number of carbonyl (C=O) groups excluding carboxylic acids is 1. The fourth-order valence-electron chi connectivity index (χ4n) is 4.03. The van der Waals surface area contributed by atoms with Gasteiger partial charge in [0, 0.05) is 18.7 Å². The highest BCUT2D eigenvalue weighted by Gasteiger charge is 2.21. The van der Waals surface area contributed by atoms with Crippen LogP contribution in [-0.4, -0.2) is 49.1 Å². The smallest absolute Gasteiger partial charge is 0.227 e. The van der Waals surface area contributed by atoms with Gasteiger partial charge in [-0.15, -0.1) is 0 Å². The Morgan fingerprint density at radius 2 is 1.93 bits per heavy atom. The third-order valence-electron chi connectivity index (χ3n) is 5.55. The number of hydrogen-bond acceptors (Lipinski definition) is 4. The Morgan fingerprint density at radius 1 is 1.07 bits per heavy atom. The number of benzene rings is 2. The number of hydrogen-bond donors (Lipinski definition) is 0. The van der Waals surface area contributed by atoms with Crippen molar-refractivity contribution in [3.05, 3.63) is 59.2 Å². The minimum Gasteiger partial charge on any atom is -0.497 e. The first kappa shape index (κ1) is 18.8. The Morgan fingerprint density at radius 3 is 2.75 bits per heavy atom. The van der Waals surface area contributed by atoms with E-state index < -0.39 is 0 Å². The lowest BCUT2D eigenvalue weighted by Crippen LogP contribution is -2.33. The van der Waals surface area contributed by atoms with Crippen LogP contribution < -0.4 is 9.47 Å². The molecule has 0 aliphatic carbocycles. The van der Waals surface area contributed by atoms with Gasteiger partial charge in [0.05, 0.1) is 20.1 Å². The second-order valence-corrected chi connectivity index (χ2v) is 7.62. The SMILES string of the molecule is COc1cccc(CC(=O)N2CCOc3ccc(CN4CCCC4)cc3C2)c1. The van der Waals surface area contributed by atoms with E-state index in [1.807, 2.05) is 29.2 Å². The zero-order valence-electron chi connectivity index (χ0n) is 16.5. The molecule has 0 bridgehead atoms. The van der Waals surface area contributed by atoms with Crippen molar-refractivity contribution in [2.75, 3.05) is 33.4 Å². The Bertz CT molecular complexity index is 830. The third-order valence-corrected chi connectivity index (χ3v) is 5.55. The van der Waals surface area contributed by atoms with Crippen molar-refractivity contribution in [3.63, 3.8) is 0 Å². The van der Waals surface area contributed by atoms with Gasteiger partial charge in [-0.1, -0.05) is 18.2 Å². The van der Waals surface area contributed by atoms with Crippen LogP contribution in [0.5, 0.6) is 11.5 Å². The van der Waals surface area contributed by atoms with Crippen LogP contribution >= 0.6 is 0 Å². The molecule has 0 radical (unpaired) electrons. The lowest BCUT2D eigenvalue weighted by Gasteiger charge is -2.21. The summed E-state index contributed by atoms with van der Waals surface area (Å²) in [6.45, 7) is 5.08. The number of likely N-dealkylation sites (tertiary alicyclic amines) is 1. The topological polar surface area (TPSA) is 42.0 Å². The van der Waals surface area contributed by atoms with Crippen molar-refractivity contribution in [3.8, 4) is 11.5 Å². The predicted octanol–water partition coefficient (Wildman–Crippen LogP) is 3.25. The van der Waals surface area contributed by atoms with Crippen molar-refractivity contribution in [2.24, 2.45) is 0 Å². The molecular formula is C23H28N2O3. The molecule has 5 nitrogen and oxygen atoms in total. The summed E-state index contributed by atoms with van der Waals surface area (Å²) in [5.74, 6) is 1.80. The molecule has 5 heteroatoms. The molecule has 0 atom stereocenters. The van der Waals surface area contributed by atoms with Crippen molar-refractivity contribution in [1.82, 2.24) is 9.80 Å². The van der Waals surface area contributed by atoms with Crippen molar-refractivity contribution in [2.45, 2.75) is 32.4 Å². The van der Waals surface area contributed by atoms with Gasteiger partial charge < -0.3 is 14.4 Å². The fraction of sp³-hybridized carbons (Fsp3) is 0.435. The molecule has 2 aromatic carbocycles. The number of amides is 1. The maximum absolute atomic E-state index is 12.9. The van der Waals surface area contributed by atoms with Crippen LogP contribution in [0.2, 0.25) is 0 Å². The van der Waals surface area contributed by atoms with Crippen LogP contribution in [0.1, 0.15) is 29.5 Å². The molecule has 2 heterocycles. The van der Waals surface area contributed by atoms with Crippen molar-refractivity contribution in [1.29, 1.82) is 0 Å². The Labute approximate surface area is 166 Å².